The molecular weight excluding hydrogens is 262 g/mol. The van der Waals surface area contributed by atoms with Gasteiger partial charge in [-0.2, -0.15) is 0 Å². The summed E-state index contributed by atoms with van der Waals surface area (Å²) in [5.74, 6) is 0.629. The summed E-state index contributed by atoms with van der Waals surface area (Å²) in [4.78, 5) is 12.1. The van der Waals surface area contributed by atoms with Gasteiger partial charge in [-0.25, -0.2) is 8.93 Å². The molecule has 0 fully saturated rings. The van der Waals surface area contributed by atoms with Gasteiger partial charge in [0.1, 0.15) is 5.75 Å². The maximum atomic E-state index is 12.1. The summed E-state index contributed by atoms with van der Waals surface area (Å²) in [6.07, 6.45) is 0.331. The number of ether oxygens (including phenoxy) is 1. The molecular formula is C14H19NO3S. The maximum Gasteiger partial charge on any atom is 0.168 e. The van der Waals surface area contributed by atoms with Crippen LogP contribution in [0.1, 0.15) is 49.2 Å². The average Bonchev–Trinajstić information content (AvgIpc) is 2.65. The first-order chi connectivity index (χ1) is 8.84. The number of hydrogen-bond donors (Lipinski definition) is 1. The largest absolute Gasteiger partial charge is 0.496 e. The Morgan fingerprint density at radius 3 is 2.63 bits per heavy atom. The number of hydrogen-bond acceptors (Lipinski definition) is 3. The van der Waals surface area contributed by atoms with Crippen LogP contribution in [-0.4, -0.2) is 21.8 Å². The lowest BCUT2D eigenvalue weighted by atomic mass is 10.1. The Morgan fingerprint density at radius 1 is 1.37 bits per heavy atom. The highest BCUT2D eigenvalue weighted by molar-refractivity contribution is 7.84. The van der Waals surface area contributed by atoms with Gasteiger partial charge in [0.2, 0.25) is 0 Å². The number of Topliss-reactive ketones (excluding diaryl/α,β-unsaturated/α-hetero) is 1. The molecule has 0 bridgehead atoms. The van der Waals surface area contributed by atoms with Gasteiger partial charge in [-0.1, -0.05) is 12.1 Å². The number of carbonyl (C=O) groups is 1. The van der Waals surface area contributed by atoms with Gasteiger partial charge in [-0.3, -0.25) is 4.79 Å². The summed E-state index contributed by atoms with van der Waals surface area (Å²) in [5, 5.41) is 0. The van der Waals surface area contributed by atoms with E-state index in [1.807, 2.05) is 32.9 Å². The predicted molar refractivity (Wildman–Crippen MR) is 75.7 cm³/mol. The minimum atomic E-state index is -1.20. The normalized spacial score (nSPS) is 20.2. The van der Waals surface area contributed by atoms with Crippen LogP contribution in [0, 0.1) is 0 Å². The summed E-state index contributed by atoms with van der Waals surface area (Å²) in [5.41, 5.74) is 1.50. The van der Waals surface area contributed by atoms with E-state index < -0.39 is 11.0 Å². The van der Waals surface area contributed by atoms with Gasteiger partial charge >= 0.3 is 0 Å². The van der Waals surface area contributed by atoms with Gasteiger partial charge in [0.25, 0.3) is 0 Å². The highest BCUT2D eigenvalue weighted by Gasteiger charge is 2.34. The molecule has 2 rings (SSSR count). The molecule has 1 aromatic carbocycles. The van der Waals surface area contributed by atoms with Crippen molar-refractivity contribution in [3.63, 3.8) is 0 Å². The lowest BCUT2D eigenvalue weighted by Crippen LogP contribution is -2.35. The van der Waals surface area contributed by atoms with Crippen molar-refractivity contribution in [3.8, 4) is 5.75 Å². The molecule has 1 aromatic rings. The lowest BCUT2D eigenvalue weighted by molar-refractivity contribution is 0.0985. The summed E-state index contributed by atoms with van der Waals surface area (Å²) in [6.45, 7) is 5.71. The molecule has 2 atom stereocenters. The number of fused-ring (bicyclic) bond motifs is 1. The van der Waals surface area contributed by atoms with Crippen molar-refractivity contribution in [1.29, 1.82) is 0 Å². The molecule has 1 N–H and O–H groups in total. The van der Waals surface area contributed by atoms with E-state index in [-0.39, 0.29) is 16.6 Å². The van der Waals surface area contributed by atoms with Crippen LogP contribution in [0.2, 0.25) is 0 Å². The van der Waals surface area contributed by atoms with Crippen LogP contribution in [-0.2, 0) is 11.0 Å². The number of benzene rings is 1. The fourth-order valence-corrected chi connectivity index (χ4v) is 2.94. The third kappa shape index (κ3) is 2.72. The van der Waals surface area contributed by atoms with Crippen LogP contribution in [0.3, 0.4) is 0 Å². The molecule has 5 heteroatoms. The van der Waals surface area contributed by atoms with Crippen molar-refractivity contribution in [2.45, 2.75) is 38.0 Å². The smallest absolute Gasteiger partial charge is 0.168 e. The van der Waals surface area contributed by atoms with Crippen molar-refractivity contribution < 1.29 is 13.7 Å². The molecule has 0 saturated heterocycles. The molecule has 19 heavy (non-hydrogen) atoms. The molecule has 0 amide bonds. The number of carbonyl (C=O) groups excluding carboxylic acids is 1. The molecule has 0 heterocycles. The summed E-state index contributed by atoms with van der Waals surface area (Å²) < 4.78 is 20.1. The Morgan fingerprint density at radius 2 is 2.05 bits per heavy atom. The van der Waals surface area contributed by atoms with Crippen molar-refractivity contribution >= 4 is 16.8 Å². The molecule has 0 aliphatic heterocycles. The molecule has 104 valence electrons. The zero-order valence-corrected chi connectivity index (χ0v) is 12.5. The molecule has 1 aliphatic carbocycles. The third-order valence-electron chi connectivity index (χ3n) is 3.13. The fourth-order valence-electron chi connectivity index (χ4n) is 2.12. The van der Waals surface area contributed by atoms with Gasteiger partial charge in [0, 0.05) is 6.42 Å². The van der Waals surface area contributed by atoms with Crippen LogP contribution in [0.5, 0.6) is 5.75 Å². The summed E-state index contributed by atoms with van der Waals surface area (Å²) >= 11 is 0. The van der Waals surface area contributed by atoms with Crippen LogP contribution in [0.4, 0.5) is 0 Å². The first-order valence-corrected chi connectivity index (χ1v) is 7.37. The maximum absolute atomic E-state index is 12.1. The minimum absolute atomic E-state index is 0.0378. The zero-order chi connectivity index (χ0) is 14.2. The lowest BCUT2D eigenvalue weighted by Gasteiger charge is -2.21. The van der Waals surface area contributed by atoms with Gasteiger partial charge in [0.05, 0.1) is 34.4 Å². The first kappa shape index (κ1) is 14.2. The number of nitrogens with one attached hydrogen (secondary N) is 1. The molecule has 0 saturated carbocycles. The predicted octanol–water partition coefficient (Wildman–Crippen LogP) is 2.37. The molecule has 0 aromatic heterocycles. The van der Waals surface area contributed by atoms with Crippen LogP contribution >= 0.6 is 0 Å². The van der Waals surface area contributed by atoms with Crippen LogP contribution < -0.4 is 9.46 Å². The number of ketones is 1. The van der Waals surface area contributed by atoms with E-state index in [4.69, 9.17) is 4.74 Å². The van der Waals surface area contributed by atoms with Crippen molar-refractivity contribution in [2.75, 3.05) is 7.11 Å². The molecule has 0 spiro atoms. The SMILES string of the molecule is COc1cccc2c1C(=O)C[C@@H]2N[S@](=O)C(C)(C)C. The molecule has 0 unspecified atom stereocenters. The van der Waals surface area contributed by atoms with E-state index in [1.165, 1.54) is 0 Å². The van der Waals surface area contributed by atoms with Gasteiger partial charge in [-0.15, -0.1) is 0 Å². The first-order valence-electron chi connectivity index (χ1n) is 6.22. The zero-order valence-electron chi connectivity index (χ0n) is 11.6. The van der Waals surface area contributed by atoms with Gasteiger partial charge in [0.15, 0.2) is 5.78 Å². The fraction of sp³-hybridized carbons (Fsp3) is 0.500. The third-order valence-corrected chi connectivity index (χ3v) is 4.74. The van der Waals surface area contributed by atoms with Crippen LogP contribution in [0.15, 0.2) is 18.2 Å². The Hall–Kier alpha value is -1.20. The number of rotatable bonds is 3. The second-order valence-electron chi connectivity index (χ2n) is 5.60. The molecule has 1 aliphatic rings. The van der Waals surface area contributed by atoms with E-state index in [0.717, 1.165) is 5.56 Å². The van der Waals surface area contributed by atoms with E-state index in [9.17, 15) is 9.00 Å². The highest BCUT2D eigenvalue weighted by Crippen LogP contribution is 2.37. The average molecular weight is 281 g/mol. The quantitative estimate of drug-likeness (QED) is 0.925. The standard InChI is InChI=1S/C14H19NO3S/c1-14(2,3)19(17)15-10-8-11(16)13-9(10)6-5-7-12(13)18-4/h5-7,10,15H,8H2,1-4H3/t10-,19+/m0/s1. The Balaban J connectivity index is 2.31. The monoisotopic (exact) mass is 281 g/mol. The highest BCUT2D eigenvalue weighted by atomic mass is 32.2. The Kier molecular flexibility index (Phi) is 3.78. The molecule has 0 radical (unpaired) electrons. The van der Waals surface area contributed by atoms with E-state index in [2.05, 4.69) is 4.72 Å². The van der Waals surface area contributed by atoms with Crippen molar-refractivity contribution in [3.05, 3.63) is 29.3 Å². The van der Waals surface area contributed by atoms with Gasteiger partial charge in [-0.05, 0) is 32.4 Å². The van der Waals surface area contributed by atoms with Crippen molar-refractivity contribution in [1.82, 2.24) is 4.72 Å². The second kappa shape index (κ2) is 5.06. The Bertz CT molecular complexity index is 534. The Labute approximate surface area is 116 Å². The summed E-state index contributed by atoms with van der Waals surface area (Å²) in [6, 6.07) is 5.32. The molecule has 4 nitrogen and oxygen atoms in total. The van der Waals surface area contributed by atoms with E-state index >= 15 is 0 Å². The van der Waals surface area contributed by atoms with E-state index in [1.54, 1.807) is 13.2 Å². The van der Waals surface area contributed by atoms with Crippen LogP contribution in [0.25, 0.3) is 0 Å². The number of methoxy groups -OCH3 is 1. The second-order valence-corrected chi connectivity index (χ2v) is 7.60. The van der Waals surface area contributed by atoms with Crippen molar-refractivity contribution in [2.24, 2.45) is 0 Å². The minimum Gasteiger partial charge on any atom is -0.496 e. The van der Waals surface area contributed by atoms with Gasteiger partial charge < -0.3 is 4.74 Å². The summed E-state index contributed by atoms with van der Waals surface area (Å²) in [7, 11) is 0.352. The van der Waals surface area contributed by atoms with E-state index in [0.29, 0.717) is 17.7 Å². The topological polar surface area (TPSA) is 55.4 Å².